The van der Waals surface area contributed by atoms with E-state index >= 15 is 0 Å². The second-order valence-electron chi connectivity index (χ2n) is 8.27. The van der Waals surface area contributed by atoms with Gasteiger partial charge in [-0.05, 0) is 54.5 Å². The molecule has 2 aliphatic carbocycles. The van der Waals surface area contributed by atoms with Crippen molar-refractivity contribution in [2.75, 3.05) is 0 Å². The van der Waals surface area contributed by atoms with E-state index in [4.69, 9.17) is 18.6 Å². The smallest absolute Gasteiger partial charge is 0.215 e. The molecule has 0 amide bonds. The zero-order chi connectivity index (χ0) is 23.0. The van der Waals surface area contributed by atoms with Crippen molar-refractivity contribution in [1.29, 1.82) is 0 Å². The third-order valence-electron chi connectivity index (χ3n) is 6.38. The van der Waals surface area contributed by atoms with Crippen LogP contribution in [0.15, 0.2) is 78.9 Å². The molecule has 1 heterocycles. The standard InChI is InChI=1S/C27H21N.ClHO4/c1-2-10-20(11-3-1)25-23-16-14-18-8-4-6-12-21(18)26(23)28-27-22-13-7-5-9-19(22)15-17-24(25)27;2-1(3,4)5/h1-13H,14-17H2;(H,2,3,4,5). The second-order valence-corrected chi connectivity index (χ2v) is 9.02. The number of rotatable bonds is 1. The lowest BCUT2D eigenvalue weighted by atomic mass is 9.78. The summed E-state index contributed by atoms with van der Waals surface area (Å²) in [5, 5.41) is 0. The second kappa shape index (κ2) is 8.71. The Morgan fingerprint density at radius 3 is 1.45 bits per heavy atom. The van der Waals surface area contributed by atoms with Gasteiger partial charge in [-0.1, -0.05) is 66.7 Å². The Labute approximate surface area is 194 Å². The minimum atomic E-state index is -4.94. The van der Waals surface area contributed by atoms with E-state index in [9.17, 15) is 0 Å². The Bertz CT molecular complexity index is 1240. The molecule has 6 heteroatoms. The summed E-state index contributed by atoms with van der Waals surface area (Å²) in [7, 11) is -4.94. The number of nitrogens with one attached hydrogen (secondary N) is 1. The van der Waals surface area contributed by atoms with E-state index in [1.165, 1.54) is 55.9 Å². The fraction of sp³-hybridized carbons (Fsp3) is 0.148. The Morgan fingerprint density at radius 2 is 0.970 bits per heavy atom. The quantitative estimate of drug-likeness (QED) is 0.422. The van der Waals surface area contributed by atoms with Gasteiger partial charge in [-0.2, -0.15) is 0 Å². The first-order valence-corrected chi connectivity index (χ1v) is 12.1. The van der Waals surface area contributed by atoms with Gasteiger partial charge in [0.15, 0.2) is 0 Å². The number of hydrogen-bond acceptors (Lipinski definition) is 4. The predicted octanol–water partition coefficient (Wildman–Crippen LogP) is 0.943. The molecule has 3 aromatic carbocycles. The maximum atomic E-state index is 8.49. The van der Waals surface area contributed by atoms with Gasteiger partial charge in [-0.25, -0.2) is 23.6 Å². The molecule has 0 spiro atoms. The Balaban J connectivity index is 0.000000416. The largest absolute Gasteiger partial charge is 0.222 e. The van der Waals surface area contributed by atoms with Crippen molar-refractivity contribution < 1.29 is 33.9 Å². The van der Waals surface area contributed by atoms with Gasteiger partial charge in [-0.15, -0.1) is 10.2 Å². The number of hydrogen-bond donors (Lipinski definition) is 0. The van der Waals surface area contributed by atoms with Crippen LogP contribution >= 0.6 is 0 Å². The molecule has 166 valence electrons. The van der Waals surface area contributed by atoms with Crippen molar-refractivity contribution in [1.82, 2.24) is 0 Å². The minimum Gasteiger partial charge on any atom is -0.222 e. The summed E-state index contributed by atoms with van der Waals surface area (Å²) in [6.07, 6.45) is 4.43. The molecule has 1 N–H and O–H groups in total. The molecule has 1 aromatic heterocycles. The third kappa shape index (κ3) is 4.42. The molecular weight excluding hydrogens is 438 g/mol. The summed E-state index contributed by atoms with van der Waals surface area (Å²) >= 11 is 0. The van der Waals surface area contributed by atoms with Crippen LogP contribution in [0.1, 0.15) is 22.3 Å². The summed E-state index contributed by atoms with van der Waals surface area (Å²) < 4.78 is 34.0. The predicted molar refractivity (Wildman–Crippen MR) is 114 cm³/mol. The molecule has 0 bridgehead atoms. The van der Waals surface area contributed by atoms with Crippen LogP contribution in [0.4, 0.5) is 0 Å². The van der Waals surface area contributed by atoms with E-state index in [2.05, 4.69) is 83.8 Å². The highest BCUT2D eigenvalue weighted by atomic mass is 35.7. The number of aromatic nitrogens is 1. The van der Waals surface area contributed by atoms with Crippen LogP contribution in [0, 0.1) is 10.2 Å². The Hall–Kier alpha value is -3.06. The van der Waals surface area contributed by atoms with Crippen LogP contribution < -0.4 is 23.6 Å². The number of H-pyrrole nitrogens is 1. The molecule has 0 radical (unpaired) electrons. The molecule has 5 nitrogen and oxygen atoms in total. The average molecular weight is 460 g/mol. The Kier molecular flexibility index (Phi) is 5.74. The number of pyridine rings is 1. The third-order valence-corrected chi connectivity index (χ3v) is 6.38. The van der Waals surface area contributed by atoms with Gasteiger partial charge in [0.05, 0.1) is 0 Å². The molecule has 0 saturated heterocycles. The lowest BCUT2D eigenvalue weighted by molar-refractivity contribution is -2.00. The monoisotopic (exact) mass is 459 g/mol. The maximum absolute atomic E-state index is 8.49. The zero-order valence-corrected chi connectivity index (χ0v) is 18.6. The van der Waals surface area contributed by atoms with E-state index in [1.54, 1.807) is 0 Å². The fourth-order valence-corrected chi connectivity index (χ4v) is 5.10. The summed E-state index contributed by atoms with van der Waals surface area (Å²) in [5.74, 6) is 0. The van der Waals surface area contributed by atoms with Crippen LogP contribution in [0.3, 0.4) is 0 Å². The number of fused-ring (bicyclic) bond motifs is 6. The van der Waals surface area contributed by atoms with E-state index in [0.29, 0.717) is 0 Å². The van der Waals surface area contributed by atoms with Crippen LogP contribution in [0.5, 0.6) is 0 Å². The molecule has 33 heavy (non-hydrogen) atoms. The van der Waals surface area contributed by atoms with Gasteiger partial charge >= 0.3 is 0 Å². The SMILES string of the molecule is [O-][Cl+3]([O-])([O-])[O-].c1ccc(-c2c3c([nH+]c4c2CCc2ccccc2-4)-c2ccccc2CC3)cc1. The van der Waals surface area contributed by atoms with E-state index in [1.807, 2.05) is 0 Å². The molecule has 0 atom stereocenters. The van der Waals surface area contributed by atoms with Crippen molar-refractivity contribution in [3.05, 3.63) is 101 Å². The molecular formula is C27H22ClNO4. The fourth-order valence-electron chi connectivity index (χ4n) is 5.10. The van der Waals surface area contributed by atoms with Gasteiger partial charge in [-0.3, -0.25) is 0 Å². The molecule has 0 fully saturated rings. The minimum absolute atomic E-state index is 1.10. The van der Waals surface area contributed by atoms with Gasteiger partial charge < -0.3 is 0 Å². The molecule has 0 aliphatic heterocycles. The van der Waals surface area contributed by atoms with Crippen molar-refractivity contribution in [2.24, 2.45) is 0 Å². The number of benzene rings is 3. The summed E-state index contributed by atoms with van der Waals surface area (Å²) in [6, 6.07) is 28.8. The normalized spacial score (nSPS) is 13.6. The van der Waals surface area contributed by atoms with E-state index < -0.39 is 10.2 Å². The average Bonchev–Trinajstić information content (AvgIpc) is 2.82. The molecule has 2 aliphatic rings. The first-order valence-electron chi connectivity index (χ1n) is 10.8. The summed E-state index contributed by atoms with van der Waals surface area (Å²) in [4.78, 5) is 3.91. The molecule has 0 saturated carbocycles. The van der Waals surface area contributed by atoms with Crippen LogP contribution in [-0.4, -0.2) is 0 Å². The van der Waals surface area contributed by atoms with Gasteiger partial charge in [0, 0.05) is 27.8 Å². The number of aryl methyl sites for hydroxylation is 2. The van der Waals surface area contributed by atoms with Gasteiger partial charge in [0.25, 0.3) is 0 Å². The topological polar surface area (TPSA) is 106 Å². The number of aromatic amines is 1. The molecule has 6 rings (SSSR count). The van der Waals surface area contributed by atoms with Gasteiger partial charge in [0.1, 0.15) is 0 Å². The van der Waals surface area contributed by atoms with Crippen molar-refractivity contribution in [3.8, 4) is 33.6 Å². The van der Waals surface area contributed by atoms with Crippen molar-refractivity contribution >= 4 is 0 Å². The maximum Gasteiger partial charge on any atom is 0.215 e. The number of halogens is 1. The first kappa shape index (κ1) is 21.8. The van der Waals surface area contributed by atoms with Gasteiger partial charge in [0.2, 0.25) is 11.4 Å². The van der Waals surface area contributed by atoms with Crippen LogP contribution in [0.25, 0.3) is 33.6 Å². The lowest BCUT2D eigenvalue weighted by Crippen LogP contribution is -2.68. The van der Waals surface area contributed by atoms with Crippen LogP contribution in [0.2, 0.25) is 0 Å². The highest BCUT2D eigenvalue weighted by Crippen LogP contribution is 2.43. The first-order chi connectivity index (χ1) is 15.9. The Morgan fingerprint density at radius 1 is 0.545 bits per heavy atom. The van der Waals surface area contributed by atoms with Crippen molar-refractivity contribution in [2.45, 2.75) is 25.7 Å². The highest BCUT2D eigenvalue weighted by molar-refractivity contribution is 5.85. The zero-order valence-electron chi connectivity index (χ0n) is 17.8. The molecule has 0 unspecified atom stereocenters. The van der Waals surface area contributed by atoms with E-state index in [0.717, 1.165) is 25.7 Å². The van der Waals surface area contributed by atoms with Crippen LogP contribution in [-0.2, 0) is 25.7 Å². The summed E-state index contributed by atoms with van der Waals surface area (Å²) in [6.45, 7) is 0. The molecule has 4 aromatic rings. The highest BCUT2D eigenvalue weighted by Gasteiger charge is 2.33. The lowest BCUT2D eigenvalue weighted by Gasteiger charge is -2.25. The van der Waals surface area contributed by atoms with Crippen molar-refractivity contribution in [3.63, 3.8) is 0 Å². The summed E-state index contributed by atoms with van der Waals surface area (Å²) in [5.41, 5.74) is 14.1. The van der Waals surface area contributed by atoms with E-state index in [-0.39, 0.29) is 0 Å².